The van der Waals surface area contributed by atoms with Crippen molar-refractivity contribution in [1.29, 1.82) is 0 Å². The Labute approximate surface area is 111 Å². The van der Waals surface area contributed by atoms with Crippen LogP contribution in [0.3, 0.4) is 0 Å². The predicted molar refractivity (Wildman–Crippen MR) is 72.4 cm³/mol. The SMILES string of the molecule is CCOC(=O)c1cc(SC(C)(C)C)c(F)cc1N. The lowest BCUT2D eigenvalue weighted by Crippen LogP contribution is -2.11. The molecule has 1 aromatic carbocycles. The van der Waals surface area contributed by atoms with Crippen molar-refractivity contribution in [2.75, 3.05) is 12.3 Å². The highest BCUT2D eigenvalue weighted by Gasteiger charge is 2.19. The lowest BCUT2D eigenvalue weighted by Gasteiger charge is -2.19. The zero-order valence-corrected chi connectivity index (χ0v) is 11.9. The molecule has 0 fully saturated rings. The van der Waals surface area contributed by atoms with Crippen molar-refractivity contribution in [2.45, 2.75) is 37.3 Å². The van der Waals surface area contributed by atoms with Gasteiger partial charge in [-0.25, -0.2) is 9.18 Å². The zero-order chi connectivity index (χ0) is 13.9. The fraction of sp³-hybridized carbons (Fsp3) is 0.462. The van der Waals surface area contributed by atoms with Gasteiger partial charge in [0, 0.05) is 15.3 Å². The van der Waals surface area contributed by atoms with Crippen molar-refractivity contribution in [3.05, 3.63) is 23.5 Å². The third-order valence-electron chi connectivity index (χ3n) is 2.02. The summed E-state index contributed by atoms with van der Waals surface area (Å²) in [7, 11) is 0. The van der Waals surface area contributed by atoms with E-state index in [1.807, 2.05) is 20.8 Å². The van der Waals surface area contributed by atoms with Gasteiger partial charge in [-0.15, -0.1) is 11.8 Å². The summed E-state index contributed by atoms with van der Waals surface area (Å²) >= 11 is 1.35. The second-order valence-electron chi connectivity index (χ2n) is 4.80. The number of nitrogens with two attached hydrogens (primary N) is 1. The number of anilines is 1. The monoisotopic (exact) mass is 271 g/mol. The standard InChI is InChI=1S/C13H18FNO2S/c1-5-17-12(16)8-6-11(18-13(2,3)4)9(14)7-10(8)15/h6-7H,5,15H2,1-4H3. The van der Waals surface area contributed by atoms with E-state index < -0.39 is 11.8 Å². The van der Waals surface area contributed by atoms with E-state index in [-0.39, 0.29) is 22.6 Å². The molecule has 0 aliphatic heterocycles. The minimum absolute atomic E-state index is 0.101. The summed E-state index contributed by atoms with van der Waals surface area (Å²) in [5.41, 5.74) is 5.95. The van der Waals surface area contributed by atoms with Crippen LogP contribution in [0.2, 0.25) is 0 Å². The number of nitrogen functional groups attached to an aromatic ring is 1. The number of hydrogen-bond acceptors (Lipinski definition) is 4. The van der Waals surface area contributed by atoms with Gasteiger partial charge < -0.3 is 10.5 Å². The number of esters is 1. The van der Waals surface area contributed by atoms with E-state index >= 15 is 0 Å². The van der Waals surface area contributed by atoms with Gasteiger partial charge in [0.05, 0.1) is 12.2 Å². The summed E-state index contributed by atoms with van der Waals surface area (Å²) in [5.74, 6) is -0.939. The molecule has 1 aromatic rings. The lowest BCUT2D eigenvalue weighted by atomic mass is 10.2. The maximum absolute atomic E-state index is 13.8. The summed E-state index contributed by atoms with van der Waals surface area (Å²) in [6, 6.07) is 2.62. The molecule has 1 rings (SSSR count). The summed E-state index contributed by atoms with van der Waals surface area (Å²) < 4.78 is 18.5. The molecule has 0 heterocycles. The molecule has 5 heteroatoms. The van der Waals surface area contributed by atoms with Crippen molar-refractivity contribution in [2.24, 2.45) is 0 Å². The zero-order valence-electron chi connectivity index (χ0n) is 11.0. The first-order chi connectivity index (χ1) is 8.24. The van der Waals surface area contributed by atoms with Crippen LogP contribution in [0.1, 0.15) is 38.1 Å². The second kappa shape index (κ2) is 5.61. The van der Waals surface area contributed by atoms with Gasteiger partial charge in [0.25, 0.3) is 0 Å². The molecule has 0 bridgehead atoms. The number of carbonyl (C=O) groups excluding carboxylic acids is 1. The van der Waals surface area contributed by atoms with Crippen LogP contribution >= 0.6 is 11.8 Å². The first-order valence-electron chi connectivity index (χ1n) is 5.69. The van der Waals surface area contributed by atoms with Crippen LogP contribution in [0.15, 0.2) is 17.0 Å². The average Bonchev–Trinajstić information content (AvgIpc) is 2.20. The van der Waals surface area contributed by atoms with Gasteiger partial charge in [-0.2, -0.15) is 0 Å². The number of halogens is 1. The summed E-state index contributed by atoms with van der Waals surface area (Å²) in [6.07, 6.45) is 0. The summed E-state index contributed by atoms with van der Waals surface area (Å²) in [5, 5.41) is 0. The Kier molecular flexibility index (Phi) is 4.62. The van der Waals surface area contributed by atoms with Crippen molar-refractivity contribution in [1.82, 2.24) is 0 Å². The van der Waals surface area contributed by atoms with Crippen LogP contribution in [-0.2, 0) is 4.74 Å². The van der Waals surface area contributed by atoms with Gasteiger partial charge in [0.15, 0.2) is 0 Å². The first kappa shape index (κ1) is 14.8. The molecule has 0 atom stereocenters. The molecule has 0 amide bonds. The van der Waals surface area contributed by atoms with Crippen molar-refractivity contribution in [3.8, 4) is 0 Å². The first-order valence-corrected chi connectivity index (χ1v) is 6.51. The predicted octanol–water partition coefficient (Wildman–Crippen LogP) is 3.48. The number of benzene rings is 1. The Balaban J connectivity index is 3.14. The molecule has 0 aromatic heterocycles. The highest BCUT2D eigenvalue weighted by atomic mass is 32.2. The molecule has 100 valence electrons. The van der Waals surface area contributed by atoms with Crippen LogP contribution in [0.5, 0.6) is 0 Å². The Morgan fingerprint density at radius 1 is 1.44 bits per heavy atom. The van der Waals surface area contributed by atoms with Gasteiger partial charge in [0.1, 0.15) is 5.82 Å². The van der Waals surface area contributed by atoms with E-state index in [4.69, 9.17) is 10.5 Å². The number of hydrogen-bond donors (Lipinski definition) is 1. The molecular weight excluding hydrogens is 253 g/mol. The molecule has 0 aliphatic rings. The highest BCUT2D eigenvalue weighted by molar-refractivity contribution is 8.00. The molecule has 0 unspecified atom stereocenters. The van der Waals surface area contributed by atoms with Gasteiger partial charge in [-0.3, -0.25) is 0 Å². The molecule has 0 spiro atoms. The Hall–Kier alpha value is -1.23. The van der Waals surface area contributed by atoms with Crippen LogP contribution in [-0.4, -0.2) is 17.3 Å². The molecule has 0 saturated carbocycles. The minimum atomic E-state index is -0.522. The summed E-state index contributed by atoms with van der Waals surface area (Å²) in [4.78, 5) is 12.1. The fourth-order valence-corrected chi connectivity index (χ4v) is 2.36. The smallest absolute Gasteiger partial charge is 0.340 e. The van der Waals surface area contributed by atoms with Crippen molar-refractivity contribution < 1.29 is 13.9 Å². The van der Waals surface area contributed by atoms with Crippen LogP contribution < -0.4 is 5.73 Å². The molecule has 0 aliphatic carbocycles. The van der Waals surface area contributed by atoms with Crippen LogP contribution in [0, 0.1) is 5.82 Å². The molecular formula is C13H18FNO2S. The summed E-state index contributed by atoms with van der Waals surface area (Å²) in [6.45, 7) is 7.88. The average molecular weight is 271 g/mol. The Bertz CT molecular complexity index is 455. The maximum atomic E-state index is 13.8. The normalized spacial score (nSPS) is 11.4. The van der Waals surface area contributed by atoms with Crippen LogP contribution in [0.4, 0.5) is 10.1 Å². The van der Waals surface area contributed by atoms with Gasteiger partial charge >= 0.3 is 5.97 Å². The lowest BCUT2D eigenvalue weighted by molar-refractivity contribution is 0.0527. The van der Waals surface area contributed by atoms with E-state index in [0.717, 1.165) is 0 Å². The third-order valence-corrected chi connectivity index (χ3v) is 3.16. The van der Waals surface area contributed by atoms with Crippen molar-refractivity contribution >= 4 is 23.4 Å². The van der Waals surface area contributed by atoms with E-state index in [9.17, 15) is 9.18 Å². The van der Waals surface area contributed by atoms with E-state index in [2.05, 4.69) is 0 Å². The second-order valence-corrected chi connectivity index (χ2v) is 6.67. The van der Waals surface area contributed by atoms with Gasteiger partial charge in [-0.05, 0) is 19.1 Å². The number of rotatable bonds is 3. The molecule has 0 radical (unpaired) electrons. The van der Waals surface area contributed by atoms with Crippen LogP contribution in [0.25, 0.3) is 0 Å². The maximum Gasteiger partial charge on any atom is 0.340 e. The molecule has 2 N–H and O–H groups in total. The fourth-order valence-electron chi connectivity index (χ4n) is 1.36. The number of thioether (sulfide) groups is 1. The third kappa shape index (κ3) is 3.91. The Morgan fingerprint density at radius 2 is 2.06 bits per heavy atom. The molecule has 18 heavy (non-hydrogen) atoms. The molecule has 0 saturated heterocycles. The number of ether oxygens (including phenoxy) is 1. The highest BCUT2D eigenvalue weighted by Crippen LogP contribution is 2.35. The largest absolute Gasteiger partial charge is 0.462 e. The molecule has 3 nitrogen and oxygen atoms in total. The van der Waals surface area contributed by atoms with E-state index in [1.54, 1.807) is 6.92 Å². The van der Waals surface area contributed by atoms with E-state index in [0.29, 0.717) is 4.90 Å². The van der Waals surface area contributed by atoms with Crippen molar-refractivity contribution in [3.63, 3.8) is 0 Å². The van der Waals surface area contributed by atoms with Gasteiger partial charge in [-0.1, -0.05) is 20.8 Å². The quantitative estimate of drug-likeness (QED) is 0.519. The number of carbonyl (C=O) groups is 1. The topological polar surface area (TPSA) is 52.3 Å². The van der Waals surface area contributed by atoms with E-state index in [1.165, 1.54) is 23.9 Å². The Morgan fingerprint density at radius 3 is 2.56 bits per heavy atom. The van der Waals surface area contributed by atoms with Gasteiger partial charge in [0.2, 0.25) is 0 Å². The minimum Gasteiger partial charge on any atom is -0.462 e.